The molecule has 0 radical (unpaired) electrons. The Morgan fingerprint density at radius 1 is 0.783 bits per heavy atom. The molecule has 0 aliphatic rings. The summed E-state index contributed by atoms with van der Waals surface area (Å²) >= 11 is 0. The maximum atomic E-state index is 11.3. The molecule has 0 N–H and O–H groups in total. The van der Waals surface area contributed by atoms with Crippen LogP contribution in [0.3, 0.4) is 0 Å². The molecule has 0 aliphatic carbocycles. The van der Waals surface area contributed by atoms with E-state index < -0.39 is 0 Å². The first-order valence-electron chi connectivity index (χ1n) is 9.77. The van der Waals surface area contributed by atoms with Crippen LogP contribution in [0.15, 0.2) is 24.5 Å². The first-order valence-corrected chi connectivity index (χ1v) is 9.77. The van der Waals surface area contributed by atoms with Crippen LogP contribution >= 0.6 is 0 Å². The van der Waals surface area contributed by atoms with E-state index in [1.807, 2.05) is 6.92 Å². The Bertz CT molecular complexity index is 305. The summed E-state index contributed by atoms with van der Waals surface area (Å²) in [6.07, 6.45) is 25.0. The molecule has 0 fully saturated rings. The monoisotopic (exact) mass is 322 g/mol. The fraction of sp³-hybridized carbons (Fsp3) is 0.762. The minimum atomic E-state index is -0.110. The molecular formula is C21H38O2. The molecule has 0 heterocycles. The highest BCUT2D eigenvalue weighted by Crippen LogP contribution is 2.10. The quantitative estimate of drug-likeness (QED) is 0.131. The molecule has 0 spiro atoms. The number of allylic oxidation sites excluding steroid dienone is 3. The highest BCUT2D eigenvalue weighted by atomic mass is 16.5. The van der Waals surface area contributed by atoms with E-state index in [0.717, 1.165) is 12.8 Å². The van der Waals surface area contributed by atoms with Crippen LogP contribution in [-0.2, 0) is 9.53 Å². The topological polar surface area (TPSA) is 26.3 Å². The summed E-state index contributed by atoms with van der Waals surface area (Å²) < 4.78 is 4.88. The Kier molecular flexibility index (Phi) is 18.1. The summed E-state index contributed by atoms with van der Waals surface area (Å²) in [5.74, 6) is -0.110. The Hall–Kier alpha value is -1.05. The predicted octanol–water partition coefficient (Wildman–Crippen LogP) is 7.10. The summed E-state index contributed by atoms with van der Waals surface area (Å²) in [6, 6.07) is 0. The van der Waals surface area contributed by atoms with Crippen molar-refractivity contribution in [3.05, 3.63) is 24.5 Å². The van der Waals surface area contributed by atoms with E-state index in [4.69, 9.17) is 4.74 Å². The van der Waals surface area contributed by atoms with Crippen molar-refractivity contribution in [1.29, 1.82) is 0 Å². The summed E-state index contributed by atoms with van der Waals surface area (Å²) in [6.45, 7) is 4.11. The zero-order valence-electron chi connectivity index (χ0n) is 15.5. The SMILES string of the molecule is CC=COC(=O)CCCCCCC/C=C\CCCCCCCC. The number of ether oxygens (including phenoxy) is 1. The van der Waals surface area contributed by atoms with E-state index in [0.29, 0.717) is 6.42 Å². The molecule has 23 heavy (non-hydrogen) atoms. The van der Waals surface area contributed by atoms with Crippen molar-refractivity contribution in [2.45, 2.75) is 104 Å². The zero-order chi connectivity index (χ0) is 17.0. The number of unbranched alkanes of at least 4 members (excludes halogenated alkanes) is 11. The average molecular weight is 323 g/mol. The van der Waals surface area contributed by atoms with Crippen LogP contribution in [0.1, 0.15) is 104 Å². The lowest BCUT2D eigenvalue weighted by Gasteiger charge is -2.00. The van der Waals surface area contributed by atoms with Crippen LogP contribution in [0, 0.1) is 0 Å². The molecule has 134 valence electrons. The van der Waals surface area contributed by atoms with E-state index in [1.54, 1.807) is 6.08 Å². The third kappa shape index (κ3) is 18.9. The highest BCUT2D eigenvalue weighted by molar-refractivity contribution is 5.69. The van der Waals surface area contributed by atoms with Crippen LogP contribution in [0.2, 0.25) is 0 Å². The molecule has 0 aliphatic heterocycles. The molecule has 0 aromatic heterocycles. The lowest BCUT2D eigenvalue weighted by molar-refractivity contribution is -0.138. The van der Waals surface area contributed by atoms with E-state index in [-0.39, 0.29) is 5.97 Å². The molecule has 0 amide bonds. The zero-order valence-corrected chi connectivity index (χ0v) is 15.5. The number of hydrogen-bond donors (Lipinski definition) is 0. The molecule has 2 nitrogen and oxygen atoms in total. The van der Waals surface area contributed by atoms with Crippen molar-refractivity contribution in [1.82, 2.24) is 0 Å². The molecule has 0 rings (SSSR count). The van der Waals surface area contributed by atoms with Gasteiger partial charge in [0.25, 0.3) is 0 Å². The highest BCUT2D eigenvalue weighted by Gasteiger charge is 1.99. The molecule has 0 saturated carbocycles. The Labute approximate surface area is 144 Å². The minimum absolute atomic E-state index is 0.110. The van der Waals surface area contributed by atoms with Gasteiger partial charge in [-0.2, -0.15) is 0 Å². The first kappa shape index (κ1) is 21.9. The van der Waals surface area contributed by atoms with Gasteiger partial charge in [-0.15, -0.1) is 0 Å². The smallest absolute Gasteiger partial charge is 0.310 e. The molecular weight excluding hydrogens is 284 g/mol. The van der Waals surface area contributed by atoms with E-state index in [2.05, 4.69) is 19.1 Å². The molecule has 0 saturated heterocycles. The molecule has 0 bridgehead atoms. The largest absolute Gasteiger partial charge is 0.435 e. The van der Waals surface area contributed by atoms with Gasteiger partial charge in [-0.05, 0) is 39.0 Å². The van der Waals surface area contributed by atoms with Gasteiger partial charge in [-0.1, -0.05) is 76.5 Å². The lowest BCUT2D eigenvalue weighted by Crippen LogP contribution is -1.98. The van der Waals surface area contributed by atoms with Crippen LogP contribution in [0.4, 0.5) is 0 Å². The number of hydrogen-bond acceptors (Lipinski definition) is 2. The Balaban J connectivity index is 3.17. The Morgan fingerprint density at radius 2 is 1.30 bits per heavy atom. The first-order chi connectivity index (χ1) is 11.3. The predicted molar refractivity (Wildman–Crippen MR) is 100 cm³/mol. The number of rotatable bonds is 16. The molecule has 0 atom stereocenters. The number of carbonyl (C=O) groups is 1. The lowest BCUT2D eigenvalue weighted by atomic mass is 10.1. The minimum Gasteiger partial charge on any atom is -0.435 e. The standard InChI is InChI=1S/C21H38O2/c1-3-5-6-7-8-9-10-11-12-13-14-15-16-17-18-19-21(22)23-20-4-2/h4,11-12,20H,3,5-10,13-19H2,1-2H3/b12-11-,20-4?. The summed E-state index contributed by atoms with van der Waals surface area (Å²) in [5.41, 5.74) is 0. The van der Waals surface area contributed by atoms with Crippen LogP contribution < -0.4 is 0 Å². The number of carbonyl (C=O) groups excluding carboxylic acids is 1. The van der Waals surface area contributed by atoms with Gasteiger partial charge >= 0.3 is 5.97 Å². The molecule has 0 aromatic rings. The van der Waals surface area contributed by atoms with Crippen LogP contribution in [0.5, 0.6) is 0 Å². The van der Waals surface area contributed by atoms with Crippen LogP contribution in [0.25, 0.3) is 0 Å². The van der Waals surface area contributed by atoms with Crippen molar-refractivity contribution in [3.63, 3.8) is 0 Å². The van der Waals surface area contributed by atoms with Crippen molar-refractivity contribution in [2.75, 3.05) is 0 Å². The van der Waals surface area contributed by atoms with Gasteiger partial charge in [0.2, 0.25) is 0 Å². The second kappa shape index (κ2) is 19.0. The number of esters is 1. The van der Waals surface area contributed by atoms with E-state index >= 15 is 0 Å². The van der Waals surface area contributed by atoms with Crippen LogP contribution in [-0.4, -0.2) is 5.97 Å². The van der Waals surface area contributed by atoms with Gasteiger partial charge in [-0.25, -0.2) is 0 Å². The fourth-order valence-electron chi connectivity index (χ4n) is 2.54. The fourth-order valence-corrected chi connectivity index (χ4v) is 2.54. The van der Waals surface area contributed by atoms with Crippen molar-refractivity contribution in [3.8, 4) is 0 Å². The van der Waals surface area contributed by atoms with Gasteiger partial charge in [0, 0.05) is 6.42 Å². The second-order valence-electron chi connectivity index (χ2n) is 6.29. The van der Waals surface area contributed by atoms with Crippen molar-refractivity contribution < 1.29 is 9.53 Å². The van der Waals surface area contributed by atoms with Gasteiger partial charge in [0.05, 0.1) is 6.26 Å². The third-order valence-electron chi connectivity index (χ3n) is 3.98. The third-order valence-corrected chi connectivity index (χ3v) is 3.98. The summed E-state index contributed by atoms with van der Waals surface area (Å²) in [4.78, 5) is 11.3. The summed E-state index contributed by atoms with van der Waals surface area (Å²) in [5, 5.41) is 0. The Morgan fingerprint density at radius 3 is 1.87 bits per heavy atom. The van der Waals surface area contributed by atoms with E-state index in [9.17, 15) is 4.79 Å². The van der Waals surface area contributed by atoms with Gasteiger partial charge in [-0.3, -0.25) is 4.79 Å². The molecule has 0 aromatic carbocycles. The van der Waals surface area contributed by atoms with Crippen molar-refractivity contribution in [2.24, 2.45) is 0 Å². The average Bonchev–Trinajstić information content (AvgIpc) is 2.56. The van der Waals surface area contributed by atoms with E-state index in [1.165, 1.54) is 76.9 Å². The molecule has 0 unspecified atom stereocenters. The maximum Gasteiger partial charge on any atom is 0.310 e. The van der Waals surface area contributed by atoms with Gasteiger partial charge < -0.3 is 4.74 Å². The van der Waals surface area contributed by atoms with Gasteiger partial charge in [0.15, 0.2) is 0 Å². The van der Waals surface area contributed by atoms with Gasteiger partial charge in [0.1, 0.15) is 0 Å². The maximum absolute atomic E-state index is 11.3. The normalized spacial score (nSPS) is 11.6. The summed E-state index contributed by atoms with van der Waals surface area (Å²) in [7, 11) is 0. The molecule has 2 heteroatoms. The second-order valence-corrected chi connectivity index (χ2v) is 6.29. The van der Waals surface area contributed by atoms with Crippen molar-refractivity contribution >= 4 is 5.97 Å².